The zero-order chi connectivity index (χ0) is 20.8. The topological polar surface area (TPSA) is 35.9 Å². The normalized spacial score (nSPS) is 17.6. The summed E-state index contributed by atoms with van der Waals surface area (Å²) in [5, 5.41) is 10.4. The Bertz CT molecular complexity index is 800. The maximum atomic E-state index is 13.1. The Labute approximate surface area is 177 Å². The van der Waals surface area contributed by atoms with E-state index in [2.05, 4.69) is 16.8 Å². The SMILES string of the molecule is COc1cc(CN(C)C[C@@H]2CCCN(CCc3ccc(F)cc3)C2)c(Cl)cc1O. The smallest absolute Gasteiger partial charge is 0.160 e. The van der Waals surface area contributed by atoms with Gasteiger partial charge in [-0.2, -0.15) is 0 Å². The molecule has 1 N–H and O–H groups in total. The minimum Gasteiger partial charge on any atom is -0.504 e. The zero-order valence-electron chi connectivity index (χ0n) is 17.2. The number of hydrogen-bond donors (Lipinski definition) is 1. The molecule has 0 radical (unpaired) electrons. The first kappa shape index (κ1) is 21.9. The first-order valence-corrected chi connectivity index (χ1v) is 10.5. The summed E-state index contributed by atoms with van der Waals surface area (Å²) in [6.45, 7) is 4.92. The first-order valence-electron chi connectivity index (χ1n) is 10.2. The van der Waals surface area contributed by atoms with Gasteiger partial charge in [-0.3, -0.25) is 0 Å². The van der Waals surface area contributed by atoms with Gasteiger partial charge in [0.1, 0.15) is 5.82 Å². The van der Waals surface area contributed by atoms with E-state index < -0.39 is 0 Å². The highest BCUT2D eigenvalue weighted by atomic mass is 35.5. The summed E-state index contributed by atoms with van der Waals surface area (Å²) in [4.78, 5) is 4.80. The van der Waals surface area contributed by atoms with E-state index in [1.54, 1.807) is 13.2 Å². The maximum absolute atomic E-state index is 13.1. The molecule has 2 aromatic carbocycles. The number of ether oxygens (including phenoxy) is 1. The quantitative estimate of drug-likeness (QED) is 0.678. The van der Waals surface area contributed by atoms with Crippen molar-refractivity contribution in [3.63, 3.8) is 0 Å². The van der Waals surface area contributed by atoms with Crippen LogP contribution >= 0.6 is 11.6 Å². The predicted octanol–water partition coefficient (Wildman–Crippen LogP) is 4.58. The van der Waals surface area contributed by atoms with Gasteiger partial charge < -0.3 is 19.6 Å². The van der Waals surface area contributed by atoms with Crippen molar-refractivity contribution in [3.8, 4) is 11.5 Å². The van der Waals surface area contributed by atoms with Gasteiger partial charge in [0.2, 0.25) is 0 Å². The molecule has 0 bridgehead atoms. The number of piperidine rings is 1. The number of rotatable bonds is 8. The second-order valence-corrected chi connectivity index (χ2v) is 8.40. The van der Waals surface area contributed by atoms with Gasteiger partial charge >= 0.3 is 0 Å². The molecular formula is C23H30ClFN2O2. The second-order valence-electron chi connectivity index (χ2n) is 8.00. The lowest BCUT2D eigenvalue weighted by Crippen LogP contribution is -2.40. The highest BCUT2D eigenvalue weighted by molar-refractivity contribution is 6.31. The van der Waals surface area contributed by atoms with Gasteiger partial charge in [0, 0.05) is 37.3 Å². The zero-order valence-corrected chi connectivity index (χ0v) is 18.0. The van der Waals surface area contributed by atoms with Crippen LogP contribution < -0.4 is 4.74 Å². The Morgan fingerprint density at radius 2 is 2.03 bits per heavy atom. The van der Waals surface area contributed by atoms with Gasteiger partial charge in [0.25, 0.3) is 0 Å². The van der Waals surface area contributed by atoms with Crippen molar-refractivity contribution in [2.45, 2.75) is 25.8 Å². The third-order valence-electron chi connectivity index (χ3n) is 5.59. The van der Waals surface area contributed by atoms with E-state index in [-0.39, 0.29) is 11.6 Å². The van der Waals surface area contributed by atoms with E-state index in [0.717, 1.165) is 38.2 Å². The summed E-state index contributed by atoms with van der Waals surface area (Å²) in [5.74, 6) is 0.941. The lowest BCUT2D eigenvalue weighted by molar-refractivity contribution is 0.142. The first-order chi connectivity index (χ1) is 13.9. The Morgan fingerprint density at radius 1 is 1.28 bits per heavy atom. The van der Waals surface area contributed by atoms with Gasteiger partial charge in [0.05, 0.1) is 7.11 Å². The van der Waals surface area contributed by atoms with E-state index in [9.17, 15) is 9.50 Å². The van der Waals surface area contributed by atoms with Crippen LogP contribution in [0, 0.1) is 11.7 Å². The van der Waals surface area contributed by atoms with Crippen LogP contribution in [0.4, 0.5) is 4.39 Å². The number of hydrogen-bond acceptors (Lipinski definition) is 4. The molecule has 3 rings (SSSR count). The second kappa shape index (κ2) is 10.3. The Morgan fingerprint density at radius 3 is 2.76 bits per heavy atom. The molecule has 1 aliphatic heterocycles. The summed E-state index contributed by atoms with van der Waals surface area (Å²) >= 11 is 6.30. The lowest BCUT2D eigenvalue weighted by atomic mass is 9.97. The van der Waals surface area contributed by atoms with E-state index in [1.165, 1.54) is 30.5 Å². The van der Waals surface area contributed by atoms with E-state index in [0.29, 0.717) is 23.2 Å². The number of likely N-dealkylation sites (tertiary alicyclic amines) is 1. The van der Waals surface area contributed by atoms with Crippen molar-refractivity contribution in [2.75, 3.05) is 40.3 Å². The van der Waals surface area contributed by atoms with Crippen LogP contribution in [0.1, 0.15) is 24.0 Å². The third kappa shape index (κ3) is 6.33. The molecular weight excluding hydrogens is 391 g/mol. The van der Waals surface area contributed by atoms with Crippen LogP contribution in [0.15, 0.2) is 36.4 Å². The van der Waals surface area contributed by atoms with Crippen molar-refractivity contribution in [1.82, 2.24) is 9.80 Å². The van der Waals surface area contributed by atoms with Crippen molar-refractivity contribution in [1.29, 1.82) is 0 Å². The molecule has 1 fully saturated rings. The van der Waals surface area contributed by atoms with Crippen LogP contribution in [0.25, 0.3) is 0 Å². The number of benzene rings is 2. The van der Waals surface area contributed by atoms with Crippen molar-refractivity contribution in [3.05, 3.63) is 58.4 Å². The number of aromatic hydroxyl groups is 1. The van der Waals surface area contributed by atoms with Crippen molar-refractivity contribution >= 4 is 11.6 Å². The number of nitrogens with zero attached hydrogens (tertiary/aromatic N) is 2. The summed E-state index contributed by atoms with van der Waals surface area (Å²) < 4.78 is 18.3. The molecule has 2 aromatic rings. The lowest BCUT2D eigenvalue weighted by Gasteiger charge is -2.35. The fraction of sp³-hybridized carbons (Fsp3) is 0.478. The third-order valence-corrected chi connectivity index (χ3v) is 5.94. The molecule has 0 aliphatic carbocycles. The highest BCUT2D eigenvalue weighted by Crippen LogP contribution is 2.32. The summed E-state index contributed by atoms with van der Waals surface area (Å²) in [5.41, 5.74) is 2.13. The van der Waals surface area contributed by atoms with Gasteiger partial charge in [-0.1, -0.05) is 23.7 Å². The molecule has 158 valence electrons. The molecule has 0 spiro atoms. The Kier molecular flexibility index (Phi) is 7.76. The molecule has 1 atom stereocenters. The molecule has 0 amide bonds. The summed E-state index contributed by atoms with van der Waals surface area (Å²) in [7, 11) is 3.64. The fourth-order valence-electron chi connectivity index (χ4n) is 4.11. The molecule has 29 heavy (non-hydrogen) atoms. The Balaban J connectivity index is 1.50. The maximum Gasteiger partial charge on any atom is 0.160 e. The van der Waals surface area contributed by atoms with Crippen LogP contribution in [0.3, 0.4) is 0 Å². The van der Waals surface area contributed by atoms with Crippen molar-refractivity contribution in [2.24, 2.45) is 5.92 Å². The van der Waals surface area contributed by atoms with Gasteiger partial charge in [-0.05, 0) is 68.1 Å². The van der Waals surface area contributed by atoms with Gasteiger partial charge in [0.15, 0.2) is 11.5 Å². The molecule has 1 saturated heterocycles. The summed E-state index contributed by atoms with van der Waals surface area (Å²) in [6, 6.07) is 10.2. The van der Waals surface area contributed by atoms with Crippen LogP contribution in [0.2, 0.25) is 5.02 Å². The fourth-order valence-corrected chi connectivity index (χ4v) is 4.33. The molecule has 1 heterocycles. The molecule has 6 heteroatoms. The van der Waals surface area contributed by atoms with Crippen LogP contribution in [-0.4, -0.2) is 55.2 Å². The standard InChI is InChI=1S/C23H30ClFN2O2/c1-26(16-19-12-23(29-2)22(28)13-21(19)24)14-18-4-3-10-27(15-18)11-9-17-5-7-20(25)8-6-17/h5-8,12-13,18,28H,3-4,9-11,14-16H2,1-2H3/t18-/m0/s1. The van der Waals surface area contributed by atoms with E-state index >= 15 is 0 Å². The molecule has 0 unspecified atom stereocenters. The largest absolute Gasteiger partial charge is 0.504 e. The van der Waals surface area contributed by atoms with Crippen LogP contribution in [-0.2, 0) is 13.0 Å². The average molecular weight is 421 g/mol. The summed E-state index contributed by atoms with van der Waals surface area (Å²) in [6.07, 6.45) is 3.38. The average Bonchev–Trinajstić information content (AvgIpc) is 2.70. The Hall–Kier alpha value is -1.82. The number of phenolic OH excluding ortho intramolecular Hbond substituents is 1. The molecule has 0 aromatic heterocycles. The molecule has 1 aliphatic rings. The number of phenols is 1. The van der Waals surface area contributed by atoms with E-state index in [4.69, 9.17) is 16.3 Å². The minimum atomic E-state index is -0.179. The van der Waals surface area contributed by atoms with Crippen LogP contribution in [0.5, 0.6) is 11.5 Å². The highest BCUT2D eigenvalue weighted by Gasteiger charge is 2.21. The predicted molar refractivity (Wildman–Crippen MR) is 115 cm³/mol. The molecule has 4 nitrogen and oxygen atoms in total. The van der Waals surface area contributed by atoms with Crippen molar-refractivity contribution < 1.29 is 14.2 Å². The molecule has 0 saturated carbocycles. The number of methoxy groups -OCH3 is 1. The van der Waals surface area contributed by atoms with Gasteiger partial charge in [-0.15, -0.1) is 0 Å². The minimum absolute atomic E-state index is 0.0629. The monoisotopic (exact) mass is 420 g/mol. The van der Waals surface area contributed by atoms with E-state index in [1.807, 2.05) is 18.2 Å². The number of halogens is 2. The van der Waals surface area contributed by atoms with Gasteiger partial charge in [-0.25, -0.2) is 4.39 Å².